The maximum Gasteiger partial charge on any atom is 0.331 e. The highest BCUT2D eigenvalue weighted by atomic mass is 35.5. The molecule has 0 fully saturated rings. The third-order valence-electron chi connectivity index (χ3n) is 5.29. The number of aromatic nitrogens is 2. The van der Waals surface area contributed by atoms with Crippen LogP contribution in [-0.2, 0) is 32.3 Å². The number of rotatable bonds is 13. The number of hydrogen-bond acceptors (Lipinski definition) is 8. The van der Waals surface area contributed by atoms with Crippen molar-refractivity contribution in [2.45, 2.75) is 58.0 Å². The molecule has 1 aromatic carbocycles. The second-order valence-corrected chi connectivity index (χ2v) is 8.88. The van der Waals surface area contributed by atoms with E-state index in [-0.39, 0.29) is 44.1 Å². The van der Waals surface area contributed by atoms with Crippen LogP contribution in [0.3, 0.4) is 0 Å². The van der Waals surface area contributed by atoms with E-state index in [0.717, 1.165) is 5.56 Å². The van der Waals surface area contributed by atoms with Crippen LogP contribution in [0.4, 0.5) is 4.39 Å². The Balaban J connectivity index is 0.00000722. The Labute approximate surface area is 224 Å². The maximum atomic E-state index is 13.3. The molecule has 0 aliphatic rings. The molecule has 210 valence electrons. The number of nitrogens with two attached hydrogens (primary N) is 1. The van der Waals surface area contributed by atoms with E-state index >= 15 is 0 Å². The molecule has 0 aliphatic carbocycles. The van der Waals surface area contributed by atoms with Crippen molar-refractivity contribution in [1.29, 1.82) is 0 Å². The lowest BCUT2D eigenvalue weighted by Gasteiger charge is -2.24. The van der Waals surface area contributed by atoms with Gasteiger partial charge in [-0.3, -0.25) is 28.7 Å². The Kier molecular flexibility index (Phi) is 13.4. The predicted octanol–water partition coefficient (Wildman–Crippen LogP) is -0.434. The van der Waals surface area contributed by atoms with Crippen LogP contribution in [0, 0.1) is 11.7 Å². The van der Waals surface area contributed by atoms with Crippen molar-refractivity contribution in [1.82, 2.24) is 20.2 Å². The molecule has 1 aromatic heterocycles. The minimum absolute atomic E-state index is 0. The van der Waals surface area contributed by atoms with Crippen molar-refractivity contribution in [2.75, 3.05) is 6.54 Å². The molecule has 6 N–H and O–H groups in total. The Morgan fingerprint density at radius 2 is 1.82 bits per heavy atom. The Morgan fingerprint density at radius 3 is 2.45 bits per heavy atom. The number of H-pyrrole nitrogens is 1. The molecule has 12 nitrogen and oxygen atoms in total. The fourth-order valence-electron chi connectivity index (χ4n) is 3.36. The van der Waals surface area contributed by atoms with E-state index < -0.39 is 59.8 Å². The molecular weight excluding hydrogens is 525 g/mol. The molecule has 14 heteroatoms. The summed E-state index contributed by atoms with van der Waals surface area (Å²) in [6.07, 6.45) is -0.687. The van der Waals surface area contributed by atoms with Crippen molar-refractivity contribution < 1.29 is 28.6 Å². The average Bonchev–Trinajstić information content (AvgIpc) is 2.84. The lowest BCUT2D eigenvalue weighted by Crippen LogP contribution is -2.54. The fraction of sp³-hybridized carbons (Fsp3) is 0.458. The number of carbonyl (C=O) groups is 3. The van der Waals surface area contributed by atoms with Gasteiger partial charge in [-0.05, 0) is 24.3 Å². The molecule has 2 amide bonds. The first-order valence-corrected chi connectivity index (χ1v) is 11.7. The molecule has 0 bridgehead atoms. The lowest BCUT2D eigenvalue weighted by atomic mass is 9.99. The Bertz CT molecular complexity index is 1190. The summed E-state index contributed by atoms with van der Waals surface area (Å²) < 4.78 is 18.8. The van der Waals surface area contributed by atoms with E-state index in [1.54, 1.807) is 4.98 Å². The predicted molar refractivity (Wildman–Crippen MR) is 138 cm³/mol. The van der Waals surface area contributed by atoms with Crippen LogP contribution >= 0.6 is 12.4 Å². The number of nitrogens with one attached hydrogen (secondary N) is 3. The average molecular weight is 558 g/mol. The van der Waals surface area contributed by atoms with Gasteiger partial charge in [0.15, 0.2) is 6.73 Å². The van der Waals surface area contributed by atoms with Crippen LogP contribution in [0.5, 0.6) is 0 Å². The standard InChI is InChI=1S/C24H32FN5O7.ClH/c1-14(2)10-18(28-23(35)20(32)17(26)11-15-6-4-3-5-7-15)22(34)27-9-8-19(31)37-13-30-12-16(25)21(33)29-24(30)36;/h3-7,12,14,17-18,20,32H,8-11,13,26H2,1-2H3,(H,27,34)(H,28,35)(H,29,33,36);1H/t17-,18+,20+;/m1./s1. The first kappa shape index (κ1) is 32.5. The number of benzene rings is 1. The van der Waals surface area contributed by atoms with Gasteiger partial charge >= 0.3 is 11.7 Å². The largest absolute Gasteiger partial charge is 0.444 e. The van der Waals surface area contributed by atoms with E-state index in [4.69, 9.17) is 10.5 Å². The SMILES string of the molecule is CC(C)C[C@H](NC(=O)[C@@H](O)[C@H](N)Cc1ccccc1)C(=O)NCCC(=O)OCn1cc(F)c(=O)[nH]c1=O.Cl. The minimum Gasteiger partial charge on any atom is -0.444 e. The number of hydrogen-bond donors (Lipinski definition) is 5. The molecule has 0 aliphatic heterocycles. The number of amides is 2. The molecule has 0 unspecified atom stereocenters. The number of aromatic amines is 1. The van der Waals surface area contributed by atoms with Gasteiger partial charge in [-0.15, -0.1) is 12.4 Å². The Hall–Kier alpha value is -3.55. The van der Waals surface area contributed by atoms with Crippen molar-refractivity contribution in [3.8, 4) is 0 Å². The third kappa shape index (κ3) is 10.4. The number of esters is 1. The Morgan fingerprint density at radius 1 is 1.16 bits per heavy atom. The van der Waals surface area contributed by atoms with Crippen LogP contribution in [0.25, 0.3) is 0 Å². The summed E-state index contributed by atoms with van der Waals surface area (Å²) in [4.78, 5) is 61.5. The molecule has 2 rings (SSSR count). The van der Waals surface area contributed by atoms with Gasteiger partial charge in [0.25, 0.3) is 11.5 Å². The molecule has 38 heavy (non-hydrogen) atoms. The molecule has 0 saturated carbocycles. The van der Waals surface area contributed by atoms with E-state index in [2.05, 4.69) is 10.6 Å². The topological polar surface area (TPSA) is 186 Å². The van der Waals surface area contributed by atoms with Crippen LogP contribution in [0.2, 0.25) is 0 Å². The number of nitrogens with zero attached hydrogens (tertiary/aromatic N) is 1. The minimum atomic E-state index is -1.54. The summed E-state index contributed by atoms with van der Waals surface area (Å²) in [5, 5.41) is 15.4. The van der Waals surface area contributed by atoms with Crippen molar-refractivity contribution in [3.05, 3.63) is 68.7 Å². The van der Waals surface area contributed by atoms with Crippen LogP contribution < -0.4 is 27.6 Å². The molecule has 0 spiro atoms. The summed E-state index contributed by atoms with van der Waals surface area (Å²) in [5.41, 5.74) is 4.69. The van der Waals surface area contributed by atoms with Gasteiger partial charge in [0.05, 0.1) is 12.6 Å². The summed E-state index contributed by atoms with van der Waals surface area (Å²) in [6, 6.07) is 7.24. The zero-order valence-corrected chi connectivity index (χ0v) is 21.8. The van der Waals surface area contributed by atoms with Crippen molar-refractivity contribution in [2.24, 2.45) is 11.7 Å². The number of ether oxygens (including phenoxy) is 1. The van der Waals surface area contributed by atoms with Crippen LogP contribution in [0.1, 0.15) is 32.3 Å². The highest BCUT2D eigenvalue weighted by molar-refractivity contribution is 5.89. The first-order valence-electron chi connectivity index (χ1n) is 11.7. The van der Waals surface area contributed by atoms with Gasteiger partial charge in [0, 0.05) is 12.6 Å². The number of carbonyl (C=O) groups excluding carboxylic acids is 3. The van der Waals surface area contributed by atoms with Gasteiger partial charge in [-0.25, -0.2) is 4.79 Å². The van der Waals surface area contributed by atoms with Gasteiger partial charge in [0.1, 0.15) is 12.1 Å². The van der Waals surface area contributed by atoms with E-state index in [9.17, 15) is 33.5 Å². The third-order valence-corrected chi connectivity index (χ3v) is 5.29. The van der Waals surface area contributed by atoms with Crippen LogP contribution in [0.15, 0.2) is 46.1 Å². The monoisotopic (exact) mass is 557 g/mol. The molecule has 0 saturated heterocycles. The lowest BCUT2D eigenvalue weighted by molar-refractivity contribution is -0.147. The van der Waals surface area contributed by atoms with E-state index in [1.807, 2.05) is 44.2 Å². The number of aliphatic hydroxyl groups excluding tert-OH is 1. The zero-order valence-electron chi connectivity index (χ0n) is 21.0. The zero-order chi connectivity index (χ0) is 27.5. The normalized spacial score (nSPS) is 13.1. The van der Waals surface area contributed by atoms with Gasteiger partial charge in [0.2, 0.25) is 11.7 Å². The number of aliphatic hydroxyl groups is 1. The van der Waals surface area contributed by atoms with Gasteiger partial charge in [-0.2, -0.15) is 4.39 Å². The van der Waals surface area contributed by atoms with Crippen molar-refractivity contribution in [3.63, 3.8) is 0 Å². The molecular formula is C24H33ClFN5O7. The first-order chi connectivity index (χ1) is 17.5. The molecule has 2 aromatic rings. The summed E-state index contributed by atoms with van der Waals surface area (Å²) >= 11 is 0. The maximum absolute atomic E-state index is 13.3. The summed E-state index contributed by atoms with van der Waals surface area (Å²) in [6.45, 7) is 2.92. The highest BCUT2D eigenvalue weighted by Crippen LogP contribution is 2.08. The van der Waals surface area contributed by atoms with Gasteiger partial charge < -0.3 is 26.2 Å². The highest BCUT2D eigenvalue weighted by Gasteiger charge is 2.28. The quantitative estimate of drug-likeness (QED) is 0.205. The summed E-state index contributed by atoms with van der Waals surface area (Å²) in [7, 11) is 0. The number of halogens is 2. The van der Waals surface area contributed by atoms with E-state index in [1.165, 1.54) is 0 Å². The van der Waals surface area contributed by atoms with E-state index in [0.29, 0.717) is 10.8 Å². The molecule has 0 radical (unpaired) electrons. The summed E-state index contributed by atoms with van der Waals surface area (Å²) in [5.74, 6) is -3.36. The van der Waals surface area contributed by atoms with Crippen molar-refractivity contribution >= 4 is 30.2 Å². The second-order valence-electron chi connectivity index (χ2n) is 8.88. The fourth-order valence-corrected chi connectivity index (χ4v) is 3.36. The molecule has 3 atom stereocenters. The molecule has 1 heterocycles. The van der Waals surface area contributed by atoms with Crippen LogP contribution in [-0.4, -0.2) is 57.2 Å². The van der Waals surface area contributed by atoms with Gasteiger partial charge in [-0.1, -0.05) is 44.2 Å². The second kappa shape index (κ2) is 15.6. The smallest absolute Gasteiger partial charge is 0.331 e.